The Morgan fingerprint density at radius 2 is 1.42 bits per heavy atom. The first-order chi connectivity index (χ1) is 22.2. The number of pyridine rings is 1. The maximum Gasteiger partial charge on any atom is 0.183 e. The molecule has 0 N–H and O–H groups in total. The highest BCUT2D eigenvalue weighted by Gasteiger charge is 2.34. The lowest BCUT2D eigenvalue weighted by Crippen LogP contribution is -2.14. The van der Waals surface area contributed by atoms with Crippen LogP contribution in [0.5, 0.6) is 5.75 Å². The summed E-state index contributed by atoms with van der Waals surface area (Å²) in [6.45, 7) is 6.14. The lowest BCUT2D eigenvalue weighted by atomic mass is 9.91. The highest BCUT2D eigenvalue weighted by Crippen LogP contribution is 2.45. The van der Waals surface area contributed by atoms with Gasteiger partial charge < -0.3 is 9.15 Å². The van der Waals surface area contributed by atoms with Crippen molar-refractivity contribution in [2.75, 3.05) is 0 Å². The standard InChI is InChI=1S/C39H28N4O2/c1-3-14-30-26(4-2)33-28(20-13-22-32(33)44-30)38-41-37(25-17-9-6-10-18-25)42-39(43-38)35-34-27-19-11-12-21-31(27)45-36(34)29(23-40-35)24-15-7-5-8-16-24/h3-23,26,30H,2H2,1H3/b14-3-. The zero-order valence-electron chi connectivity index (χ0n) is 24.6. The Kier molecular flexibility index (Phi) is 6.53. The largest absolute Gasteiger partial charge is 0.485 e. The van der Waals surface area contributed by atoms with E-state index >= 15 is 0 Å². The van der Waals surface area contributed by atoms with Gasteiger partial charge in [-0.2, -0.15) is 0 Å². The minimum atomic E-state index is -0.150. The Morgan fingerprint density at radius 1 is 0.711 bits per heavy atom. The third-order valence-electron chi connectivity index (χ3n) is 8.26. The Hall–Kier alpha value is -5.88. The van der Waals surface area contributed by atoms with Gasteiger partial charge in [-0.25, -0.2) is 15.0 Å². The normalized spacial score (nSPS) is 15.8. The summed E-state index contributed by atoms with van der Waals surface area (Å²) in [6.07, 6.45) is 7.70. The average Bonchev–Trinajstić information content (AvgIpc) is 3.67. The first-order valence-corrected chi connectivity index (χ1v) is 15.0. The highest BCUT2D eigenvalue weighted by atomic mass is 16.5. The van der Waals surface area contributed by atoms with Crippen molar-refractivity contribution in [1.82, 2.24) is 19.9 Å². The van der Waals surface area contributed by atoms with E-state index in [9.17, 15) is 0 Å². The van der Waals surface area contributed by atoms with Crippen molar-refractivity contribution in [2.45, 2.75) is 18.9 Å². The molecule has 2 unspecified atom stereocenters. The van der Waals surface area contributed by atoms with Gasteiger partial charge in [0.25, 0.3) is 0 Å². The van der Waals surface area contributed by atoms with Crippen LogP contribution in [-0.2, 0) is 0 Å². The van der Waals surface area contributed by atoms with Crippen LogP contribution in [0.2, 0.25) is 0 Å². The number of para-hydroxylation sites is 1. The molecule has 1 aliphatic rings. The molecule has 6 heteroatoms. The van der Waals surface area contributed by atoms with E-state index in [-0.39, 0.29) is 12.0 Å². The minimum Gasteiger partial charge on any atom is -0.485 e. The molecule has 4 heterocycles. The number of aromatic nitrogens is 4. The molecule has 2 atom stereocenters. The number of fused-ring (bicyclic) bond motifs is 4. The van der Waals surface area contributed by atoms with E-state index in [1.165, 1.54) is 0 Å². The third-order valence-corrected chi connectivity index (χ3v) is 8.26. The lowest BCUT2D eigenvalue weighted by molar-refractivity contribution is 0.270. The van der Waals surface area contributed by atoms with E-state index in [4.69, 9.17) is 29.1 Å². The van der Waals surface area contributed by atoms with E-state index in [2.05, 4.69) is 30.9 Å². The van der Waals surface area contributed by atoms with E-state index in [1.54, 1.807) is 0 Å². The van der Waals surface area contributed by atoms with Gasteiger partial charge in [0.2, 0.25) is 0 Å². The molecule has 0 bridgehead atoms. The minimum absolute atomic E-state index is 0.0550. The van der Waals surface area contributed by atoms with Crippen molar-refractivity contribution in [3.05, 3.63) is 140 Å². The van der Waals surface area contributed by atoms with Gasteiger partial charge in [0.15, 0.2) is 17.5 Å². The molecule has 0 saturated carbocycles. The van der Waals surface area contributed by atoms with E-state index in [0.29, 0.717) is 23.2 Å². The van der Waals surface area contributed by atoms with Gasteiger partial charge in [0, 0.05) is 39.8 Å². The second-order valence-electron chi connectivity index (χ2n) is 10.9. The van der Waals surface area contributed by atoms with Crippen molar-refractivity contribution in [3.63, 3.8) is 0 Å². The molecular weight excluding hydrogens is 556 g/mol. The SMILES string of the molecule is C=CC1c2c(cccc2-c2nc(-c3ccccc3)nc(-c3ncc(-c4ccccc4)c4oc5ccccc5c34)n2)OC1/C=C\C. The van der Waals surface area contributed by atoms with E-state index < -0.39 is 0 Å². The Morgan fingerprint density at radius 3 is 2.20 bits per heavy atom. The zero-order chi connectivity index (χ0) is 30.3. The number of ether oxygens (including phenoxy) is 1. The molecule has 0 fully saturated rings. The lowest BCUT2D eigenvalue weighted by Gasteiger charge is -2.14. The fourth-order valence-corrected chi connectivity index (χ4v) is 6.20. The van der Waals surface area contributed by atoms with Crippen LogP contribution in [0.1, 0.15) is 18.4 Å². The van der Waals surface area contributed by atoms with Gasteiger partial charge in [0.1, 0.15) is 28.7 Å². The second kappa shape index (κ2) is 11.0. The molecule has 0 saturated heterocycles. The Bertz CT molecular complexity index is 2240. The van der Waals surface area contributed by atoms with Crippen molar-refractivity contribution < 1.29 is 9.15 Å². The van der Waals surface area contributed by atoms with Crippen molar-refractivity contribution in [2.24, 2.45) is 0 Å². The quantitative estimate of drug-likeness (QED) is 0.181. The molecule has 8 rings (SSSR count). The monoisotopic (exact) mass is 584 g/mol. The van der Waals surface area contributed by atoms with Gasteiger partial charge in [-0.05, 0) is 30.7 Å². The van der Waals surface area contributed by atoms with Crippen LogP contribution < -0.4 is 4.74 Å². The number of rotatable bonds is 6. The van der Waals surface area contributed by atoms with Crippen molar-refractivity contribution in [3.8, 4) is 51.2 Å². The number of hydrogen-bond acceptors (Lipinski definition) is 6. The topological polar surface area (TPSA) is 73.9 Å². The fourth-order valence-electron chi connectivity index (χ4n) is 6.20. The van der Waals surface area contributed by atoms with Gasteiger partial charge in [-0.3, -0.25) is 4.98 Å². The molecule has 0 spiro atoms. The molecule has 216 valence electrons. The predicted molar refractivity (Wildman–Crippen MR) is 179 cm³/mol. The van der Waals surface area contributed by atoms with Gasteiger partial charge in [-0.1, -0.05) is 103 Å². The third kappa shape index (κ3) is 4.50. The van der Waals surface area contributed by atoms with Crippen molar-refractivity contribution >= 4 is 21.9 Å². The molecule has 0 amide bonds. The average molecular weight is 585 g/mol. The van der Waals surface area contributed by atoms with Gasteiger partial charge in [-0.15, -0.1) is 6.58 Å². The Balaban J connectivity index is 1.40. The maximum absolute atomic E-state index is 6.51. The van der Waals surface area contributed by atoms with Crippen LogP contribution in [0.15, 0.2) is 139 Å². The summed E-state index contributed by atoms with van der Waals surface area (Å²) in [5.41, 5.74) is 6.85. The maximum atomic E-state index is 6.51. The van der Waals surface area contributed by atoms with Gasteiger partial charge >= 0.3 is 0 Å². The number of allylic oxidation sites excluding steroid dienone is 1. The summed E-state index contributed by atoms with van der Waals surface area (Å²) in [7, 11) is 0. The van der Waals surface area contributed by atoms with Crippen LogP contribution in [-0.4, -0.2) is 26.0 Å². The number of hydrogen-bond donors (Lipinski definition) is 0. The molecule has 4 aromatic carbocycles. The van der Waals surface area contributed by atoms with E-state index in [0.717, 1.165) is 55.5 Å². The molecule has 3 aromatic heterocycles. The summed E-state index contributed by atoms with van der Waals surface area (Å²) in [6, 6.07) is 34.1. The van der Waals surface area contributed by atoms with Crippen LogP contribution >= 0.6 is 0 Å². The summed E-state index contributed by atoms with van der Waals surface area (Å²) in [5, 5.41) is 1.81. The first kappa shape index (κ1) is 26.7. The summed E-state index contributed by atoms with van der Waals surface area (Å²) in [4.78, 5) is 20.2. The molecule has 6 nitrogen and oxygen atoms in total. The van der Waals surface area contributed by atoms with Crippen LogP contribution in [0.4, 0.5) is 0 Å². The summed E-state index contributed by atoms with van der Waals surface area (Å²) < 4.78 is 12.8. The zero-order valence-corrected chi connectivity index (χ0v) is 24.6. The first-order valence-electron chi connectivity index (χ1n) is 15.0. The van der Waals surface area contributed by atoms with Crippen LogP contribution in [0, 0.1) is 0 Å². The molecule has 45 heavy (non-hydrogen) atoms. The number of nitrogens with zero attached hydrogens (tertiary/aromatic N) is 4. The van der Waals surface area contributed by atoms with Gasteiger partial charge in [0.05, 0.1) is 5.39 Å². The number of furan rings is 1. The Labute approximate surface area is 260 Å². The molecule has 0 aliphatic carbocycles. The predicted octanol–water partition coefficient (Wildman–Crippen LogP) is 9.44. The molecule has 1 aliphatic heterocycles. The highest BCUT2D eigenvalue weighted by molar-refractivity contribution is 6.14. The molecule has 0 radical (unpaired) electrons. The van der Waals surface area contributed by atoms with Crippen molar-refractivity contribution in [1.29, 1.82) is 0 Å². The summed E-state index contributed by atoms with van der Waals surface area (Å²) in [5.74, 6) is 2.31. The van der Waals surface area contributed by atoms with Crippen LogP contribution in [0.25, 0.3) is 67.4 Å². The summed E-state index contributed by atoms with van der Waals surface area (Å²) >= 11 is 0. The second-order valence-corrected chi connectivity index (χ2v) is 10.9. The van der Waals surface area contributed by atoms with Crippen LogP contribution in [0.3, 0.4) is 0 Å². The molecule has 7 aromatic rings. The number of benzene rings is 4. The smallest absolute Gasteiger partial charge is 0.183 e. The van der Waals surface area contributed by atoms with E-state index in [1.807, 2.05) is 110 Å². The molecular formula is C39H28N4O2. The fraction of sp³-hybridized carbons (Fsp3) is 0.0769.